The van der Waals surface area contributed by atoms with E-state index in [4.69, 9.17) is 4.74 Å². The number of hydrogen-bond acceptors (Lipinski definition) is 5. The predicted octanol–water partition coefficient (Wildman–Crippen LogP) is 0.155. The minimum atomic E-state index is -0.471. The van der Waals surface area contributed by atoms with Gasteiger partial charge in [-0.2, -0.15) is 0 Å². The highest BCUT2D eigenvalue weighted by molar-refractivity contribution is 6.22. The Morgan fingerprint density at radius 2 is 1.80 bits per heavy atom. The Bertz CT molecular complexity index is 500. The van der Waals surface area contributed by atoms with Crippen LogP contribution in [0.15, 0.2) is 30.3 Å². The highest BCUT2D eigenvalue weighted by Gasteiger charge is 2.40. The molecule has 6 nitrogen and oxygen atoms in total. The normalized spacial score (nSPS) is 24.4. The van der Waals surface area contributed by atoms with E-state index in [1.807, 2.05) is 23.2 Å². The van der Waals surface area contributed by atoms with Gasteiger partial charge in [-0.05, 0) is 12.1 Å². The van der Waals surface area contributed by atoms with Crippen molar-refractivity contribution in [3.05, 3.63) is 30.3 Å². The Hall–Kier alpha value is -1.76. The van der Waals surface area contributed by atoms with Crippen LogP contribution >= 0.6 is 0 Å². The van der Waals surface area contributed by atoms with Gasteiger partial charge in [-0.1, -0.05) is 18.2 Å². The van der Waals surface area contributed by atoms with Crippen LogP contribution < -0.4 is 10.3 Å². The fraction of sp³-hybridized carbons (Fsp3) is 0.429. The topological polar surface area (TPSA) is 61.9 Å². The lowest BCUT2D eigenvalue weighted by Gasteiger charge is -2.29. The van der Waals surface area contributed by atoms with Gasteiger partial charge in [0, 0.05) is 13.1 Å². The van der Waals surface area contributed by atoms with Gasteiger partial charge in [-0.15, -0.1) is 0 Å². The first-order valence-corrected chi connectivity index (χ1v) is 6.76. The summed E-state index contributed by atoms with van der Waals surface area (Å²) in [5.41, 5.74) is 3.77. The number of amides is 2. The monoisotopic (exact) mass is 275 g/mol. The number of hydrazine groups is 1. The van der Waals surface area contributed by atoms with Crippen molar-refractivity contribution in [2.45, 2.75) is 12.5 Å². The van der Waals surface area contributed by atoms with E-state index in [1.165, 1.54) is 4.90 Å². The van der Waals surface area contributed by atoms with Crippen molar-refractivity contribution < 1.29 is 14.3 Å². The molecule has 0 aromatic heterocycles. The third-order valence-corrected chi connectivity index (χ3v) is 3.51. The first kappa shape index (κ1) is 13.2. The molecule has 2 heterocycles. The Kier molecular flexibility index (Phi) is 3.77. The van der Waals surface area contributed by atoms with Crippen LogP contribution in [0.5, 0.6) is 0 Å². The van der Waals surface area contributed by atoms with E-state index in [-0.39, 0.29) is 18.2 Å². The van der Waals surface area contributed by atoms with Gasteiger partial charge < -0.3 is 4.74 Å². The number of rotatable bonds is 3. The fourth-order valence-electron chi connectivity index (χ4n) is 2.49. The molecule has 2 aliphatic rings. The maximum absolute atomic E-state index is 12.4. The van der Waals surface area contributed by atoms with E-state index >= 15 is 0 Å². The van der Waals surface area contributed by atoms with Crippen molar-refractivity contribution in [1.82, 2.24) is 10.4 Å². The zero-order valence-corrected chi connectivity index (χ0v) is 11.1. The highest BCUT2D eigenvalue weighted by atomic mass is 16.5. The number of para-hydroxylation sites is 1. The van der Waals surface area contributed by atoms with Crippen LogP contribution in [0.3, 0.4) is 0 Å². The number of ether oxygens (including phenoxy) is 1. The van der Waals surface area contributed by atoms with E-state index in [2.05, 4.69) is 5.43 Å². The lowest BCUT2D eigenvalue weighted by molar-refractivity contribution is -0.122. The number of nitrogens with zero attached hydrogens (tertiary/aromatic N) is 2. The van der Waals surface area contributed by atoms with E-state index in [0.29, 0.717) is 18.9 Å². The first-order chi connectivity index (χ1) is 9.75. The molecule has 2 amide bonds. The van der Waals surface area contributed by atoms with E-state index in [0.717, 1.165) is 13.1 Å². The van der Waals surface area contributed by atoms with Crippen molar-refractivity contribution in [2.75, 3.05) is 31.2 Å². The van der Waals surface area contributed by atoms with E-state index in [9.17, 15) is 9.59 Å². The second-order valence-electron chi connectivity index (χ2n) is 4.89. The number of imide groups is 1. The molecule has 106 valence electrons. The highest BCUT2D eigenvalue weighted by Crippen LogP contribution is 2.22. The Morgan fingerprint density at radius 3 is 2.50 bits per heavy atom. The molecule has 20 heavy (non-hydrogen) atoms. The summed E-state index contributed by atoms with van der Waals surface area (Å²) in [6.07, 6.45) is 0.199. The van der Waals surface area contributed by atoms with Gasteiger partial charge in [0.2, 0.25) is 5.91 Å². The average molecular weight is 275 g/mol. The van der Waals surface area contributed by atoms with Crippen LogP contribution in [-0.4, -0.2) is 49.2 Å². The molecular weight excluding hydrogens is 258 g/mol. The summed E-state index contributed by atoms with van der Waals surface area (Å²) in [4.78, 5) is 25.7. The maximum atomic E-state index is 12.4. The first-order valence-electron chi connectivity index (χ1n) is 6.76. The standard InChI is InChI=1S/C14H17N3O3/c18-13-10-12(15-16-6-8-20-9-7-16)14(19)17(13)11-4-2-1-3-5-11/h1-5,12,15H,6-10H2. The van der Waals surface area contributed by atoms with Crippen molar-refractivity contribution >= 4 is 17.5 Å². The van der Waals surface area contributed by atoms with Gasteiger partial charge in [-0.25, -0.2) is 15.3 Å². The van der Waals surface area contributed by atoms with Crippen molar-refractivity contribution in [3.63, 3.8) is 0 Å². The van der Waals surface area contributed by atoms with Crippen LogP contribution in [-0.2, 0) is 14.3 Å². The van der Waals surface area contributed by atoms with Gasteiger partial charge in [0.25, 0.3) is 5.91 Å². The van der Waals surface area contributed by atoms with Crippen LogP contribution in [0.2, 0.25) is 0 Å². The molecule has 2 aliphatic heterocycles. The van der Waals surface area contributed by atoms with E-state index < -0.39 is 6.04 Å². The third-order valence-electron chi connectivity index (χ3n) is 3.51. The third kappa shape index (κ3) is 2.58. The molecule has 1 unspecified atom stereocenters. The summed E-state index contributed by atoms with van der Waals surface area (Å²) in [6, 6.07) is 8.57. The van der Waals surface area contributed by atoms with Crippen molar-refractivity contribution in [3.8, 4) is 0 Å². The summed E-state index contributed by atoms with van der Waals surface area (Å²) in [5.74, 6) is -0.348. The lowest BCUT2D eigenvalue weighted by Crippen LogP contribution is -2.52. The molecule has 1 aromatic rings. The maximum Gasteiger partial charge on any atom is 0.252 e. The molecule has 1 atom stereocenters. The number of hydrogen-bond donors (Lipinski definition) is 1. The second-order valence-corrected chi connectivity index (χ2v) is 4.89. The van der Waals surface area contributed by atoms with Crippen molar-refractivity contribution in [1.29, 1.82) is 0 Å². The zero-order chi connectivity index (χ0) is 13.9. The molecule has 1 aromatic carbocycles. The summed E-state index contributed by atoms with van der Waals surface area (Å²) in [6.45, 7) is 2.74. The quantitative estimate of drug-likeness (QED) is 0.796. The van der Waals surface area contributed by atoms with Crippen molar-refractivity contribution in [2.24, 2.45) is 0 Å². The molecule has 0 radical (unpaired) electrons. The van der Waals surface area contributed by atoms with Crippen LogP contribution in [0, 0.1) is 0 Å². The smallest absolute Gasteiger partial charge is 0.252 e. The molecular formula is C14H17N3O3. The van der Waals surface area contributed by atoms with Gasteiger partial charge >= 0.3 is 0 Å². The van der Waals surface area contributed by atoms with Gasteiger partial charge in [0.1, 0.15) is 6.04 Å². The summed E-state index contributed by atoms with van der Waals surface area (Å²) >= 11 is 0. The number of morpholine rings is 1. The van der Waals surface area contributed by atoms with Gasteiger partial charge in [0.05, 0.1) is 25.3 Å². The number of carbonyl (C=O) groups excluding carboxylic acids is 2. The van der Waals surface area contributed by atoms with Crippen LogP contribution in [0.1, 0.15) is 6.42 Å². The molecule has 0 aliphatic carbocycles. The van der Waals surface area contributed by atoms with E-state index in [1.54, 1.807) is 12.1 Å². The number of benzene rings is 1. The molecule has 3 rings (SSSR count). The fourth-order valence-corrected chi connectivity index (χ4v) is 2.49. The Labute approximate surface area is 117 Å². The average Bonchev–Trinajstić information content (AvgIpc) is 2.75. The van der Waals surface area contributed by atoms with Gasteiger partial charge in [0.15, 0.2) is 0 Å². The van der Waals surface area contributed by atoms with Crippen LogP contribution in [0.4, 0.5) is 5.69 Å². The molecule has 6 heteroatoms. The van der Waals surface area contributed by atoms with Gasteiger partial charge in [-0.3, -0.25) is 9.59 Å². The minimum absolute atomic E-state index is 0.160. The van der Waals surface area contributed by atoms with Crippen LogP contribution in [0.25, 0.3) is 0 Å². The largest absolute Gasteiger partial charge is 0.379 e. The summed E-state index contributed by atoms with van der Waals surface area (Å²) in [7, 11) is 0. The SMILES string of the molecule is O=C1CC(NN2CCOCC2)C(=O)N1c1ccccc1. The Morgan fingerprint density at radius 1 is 1.10 bits per heavy atom. The zero-order valence-electron chi connectivity index (χ0n) is 11.1. The molecule has 0 bridgehead atoms. The number of nitrogens with one attached hydrogen (secondary N) is 1. The minimum Gasteiger partial charge on any atom is -0.379 e. The molecule has 2 fully saturated rings. The summed E-state index contributed by atoms with van der Waals surface area (Å²) in [5, 5.41) is 1.95. The Balaban J connectivity index is 1.70. The molecule has 0 saturated carbocycles. The summed E-state index contributed by atoms with van der Waals surface area (Å²) < 4.78 is 5.26. The molecule has 2 saturated heterocycles. The predicted molar refractivity (Wildman–Crippen MR) is 72.9 cm³/mol. The number of anilines is 1. The lowest BCUT2D eigenvalue weighted by atomic mass is 10.2. The second kappa shape index (κ2) is 5.70. The molecule has 0 spiro atoms. The number of carbonyl (C=O) groups is 2. The molecule has 1 N–H and O–H groups in total.